The smallest absolute Gasteiger partial charge is 0.240 e. The van der Waals surface area contributed by atoms with Gasteiger partial charge in [0.05, 0.1) is 12.3 Å². The van der Waals surface area contributed by atoms with E-state index in [4.69, 9.17) is 4.74 Å². The lowest BCUT2D eigenvalue weighted by Crippen LogP contribution is -2.21. The molecule has 3 aromatic rings. The zero-order valence-corrected chi connectivity index (χ0v) is 17.1. The Labute approximate surface area is 175 Å². The van der Waals surface area contributed by atoms with E-state index in [1.165, 1.54) is 0 Å². The van der Waals surface area contributed by atoms with Crippen LogP contribution in [-0.2, 0) is 9.59 Å². The highest BCUT2D eigenvalue weighted by Crippen LogP contribution is 2.17. The van der Waals surface area contributed by atoms with Crippen molar-refractivity contribution in [1.82, 2.24) is 5.43 Å². The molecule has 0 radical (unpaired) electrons. The third-order valence-corrected chi connectivity index (χ3v) is 4.54. The van der Waals surface area contributed by atoms with E-state index in [1.807, 2.05) is 56.3 Å². The van der Waals surface area contributed by atoms with Gasteiger partial charge in [-0.3, -0.25) is 9.59 Å². The molecule has 0 unspecified atom stereocenters. The van der Waals surface area contributed by atoms with E-state index in [-0.39, 0.29) is 24.7 Å². The van der Waals surface area contributed by atoms with Crippen molar-refractivity contribution in [3.63, 3.8) is 0 Å². The lowest BCUT2D eigenvalue weighted by molar-refractivity contribution is -0.124. The number of hydrogen-bond acceptors (Lipinski definition) is 4. The first kappa shape index (κ1) is 21.0. The second-order valence-corrected chi connectivity index (χ2v) is 6.80. The average molecular weight is 403 g/mol. The fourth-order valence-electron chi connectivity index (χ4n) is 2.93. The van der Waals surface area contributed by atoms with Crippen molar-refractivity contribution < 1.29 is 14.3 Å². The Morgan fingerprint density at radius 2 is 1.60 bits per heavy atom. The number of nitrogens with zero attached hydrogens (tertiary/aromatic N) is 1. The van der Waals surface area contributed by atoms with Crippen LogP contribution in [0.4, 0.5) is 5.69 Å². The van der Waals surface area contributed by atoms with Gasteiger partial charge in [-0.15, -0.1) is 0 Å². The summed E-state index contributed by atoms with van der Waals surface area (Å²) in [6.45, 7) is 4.33. The predicted octanol–water partition coefficient (Wildman–Crippen LogP) is 4.50. The van der Waals surface area contributed by atoms with Crippen molar-refractivity contribution in [2.45, 2.75) is 26.7 Å². The summed E-state index contributed by atoms with van der Waals surface area (Å²) < 4.78 is 5.37. The van der Waals surface area contributed by atoms with Crippen molar-refractivity contribution >= 4 is 34.0 Å². The molecular weight excluding hydrogens is 378 g/mol. The maximum Gasteiger partial charge on any atom is 0.240 e. The summed E-state index contributed by atoms with van der Waals surface area (Å²) in [5.74, 6) is 0.205. The zero-order valence-electron chi connectivity index (χ0n) is 17.1. The fourth-order valence-corrected chi connectivity index (χ4v) is 2.93. The molecule has 6 heteroatoms. The Kier molecular flexibility index (Phi) is 7.16. The van der Waals surface area contributed by atoms with Crippen LogP contribution in [0.5, 0.6) is 5.75 Å². The Hall–Kier alpha value is -3.67. The van der Waals surface area contributed by atoms with Gasteiger partial charge >= 0.3 is 0 Å². The summed E-state index contributed by atoms with van der Waals surface area (Å²) in [6, 6.07) is 21.2. The lowest BCUT2D eigenvalue weighted by Gasteiger charge is -2.07. The number of rotatable bonds is 8. The van der Waals surface area contributed by atoms with Crippen molar-refractivity contribution in [3.05, 3.63) is 72.3 Å². The second kappa shape index (κ2) is 10.2. The second-order valence-electron chi connectivity index (χ2n) is 6.80. The minimum atomic E-state index is -0.308. The fraction of sp³-hybridized carbons (Fsp3) is 0.208. The number of amides is 2. The third kappa shape index (κ3) is 5.91. The number of fused-ring (bicyclic) bond motifs is 1. The van der Waals surface area contributed by atoms with Gasteiger partial charge in [-0.05, 0) is 60.5 Å². The summed E-state index contributed by atoms with van der Waals surface area (Å²) >= 11 is 0. The quantitative estimate of drug-likeness (QED) is 0.429. The SMILES string of the molecule is CCOc1ccc(NC(=O)CCC(=O)NN=C(C)c2ccc3ccccc3c2)cc1. The van der Waals surface area contributed by atoms with Crippen LogP contribution >= 0.6 is 0 Å². The summed E-state index contributed by atoms with van der Waals surface area (Å²) in [5, 5.41) is 9.19. The van der Waals surface area contributed by atoms with Gasteiger partial charge in [-0.1, -0.05) is 36.4 Å². The van der Waals surface area contributed by atoms with E-state index in [2.05, 4.69) is 15.8 Å². The Morgan fingerprint density at radius 1 is 0.900 bits per heavy atom. The number of hydrogen-bond donors (Lipinski definition) is 2. The molecule has 0 aliphatic heterocycles. The third-order valence-electron chi connectivity index (χ3n) is 4.54. The average Bonchev–Trinajstić information content (AvgIpc) is 2.77. The first-order valence-corrected chi connectivity index (χ1v) is 9.90. The van der Waals surface area contributed by atoms with Crippen LogP contribution < -0.4 is 15.5 Å². The lowest BCUT2D eigenvalue weighted by atomic mass is 10.0. The Morgan fingerprint density at radius 3 is 2.33 bits per heavy atom. The molecule has 0 bridgehead atoms. The van der Waals surface area contributed by atoms with Gasteiger partial charge in [0, 0.05) is 18.5 Å². The number of anilines is 1. The van der Waals surface area contributed by atoms with Crippen LogP contribution in [-0.4, -0.2) is 24.1 Å². The van der Waals surface area contributed by atoms with Crippen LogP contribution in [0.1, 0.15) is 32.3 Å². The summed E-state index contributed by atoms with van der Waals surface area (Å²) in [4.78, 5) is 24.1. The topological polar surface area (TPSA) is 79.8 Å². The van der Waals surface area contributed by atoms with Crippen molar-refractivity contribution in [2.75, 3.05) is 11.9 Å². The van der Waals surface area contributed by atoms with Gasteiger partial charge in [0.2, 0.25) is 11.8 Å². The molecular formula is C24H25N3O3. The van der Waals surface area contributed by atoms with E-state index < -0.39 is 0 Å². The monoisotopic (exact) mass is 403 g/mol. The van der Waals surface area contributed by atoms with Gasteiger partial charge in [0.1, 0.15) is 5.75 Å². The van der Waals surface area contributed by atoms with Crippen LogP contribution in [0, 0.1) is 0 Å². The first-order chi connectivity index (χ1) is 14.5. The number of carbonyl (C=O) groups excluding carboxylic acids is 2. The number of carbonyl (C=O) groups is 2. The Bertz CT molecular complexity index is 1060. The molecule has 154 valence electrons. The number of hydrazone groups is 1. The van der Waals surface area contributed by atoms with Gasteiger partial charge in [-0.2, -0.15) is 5.10 Å². The molecule has 0 aliphatic rings. The standard InChI is InChI=1S/C24H25N3O3/c1-3-30-22-12-10-21(11-13-22)25-23(28)14-15-24(29)27-26-17(2)19-9-8-18-6-4-5-7-20(18)16-19/h4-13,16H,3,14-15H2,1-2H3,(H,25,28)(H,27,29). The van der Waals surface area contributed by atoms with Crippen LogP contribution in [0.2, 0.25) is 0 Å². The van der Waals surface area contributed by atoms with E-state index in [9.17, 15) is 9.59 Å². The molecule has 0 atom stereocenters. The highest BCUT2D eigenvalue weighted by molar-refractivity contribution is 6.02. The Balaban J connectivity index is 1.47. The normalized spacial score (nSPS) is 11.2. The van der Waals surface area contributed by atoms with Crippen LogP contribution in [0.15, 0.2) is 71.8 Å². The van der Waals surface area contributed by atoms with Crippen LogP contribution in [0.3, 0.4) is 0 Å². The van der Waals surface area contributed by atoms with Gasteiger partial charge in [-0.25, -0.2) is 5.43 Å². The van der Waals surface area contributed by atoms with Crippen molar-refractivity contribution in [2.24, 2.45) is 5.10 Å². The van der Waals surface area contributed by atoms with Crippen molar-refractivity contribution in [3.8, 4) is 5.75 Å². The molecule has 2 amide bonds. The molecule has 0 aliphatic carbocycles. The largest absolute Gasteiger partial charge is 0.494 e. The van der Waals surface area contributed by atoms with E-state index in [0.717, 1.165) is 22.1 Å². The molecule has 0 fully saturated rings. The first-order valence-electron chi connectivity index (χ1n) is 9.90. The molecule has 0 aromatic heterocycles. The number of ether oxygens (including phenoxy) is 1. The molecule has 3 aromatic carbocycles. The summed E-state index contributed by atoms with van der Waals surface area (Å²) in [6.07, 6.45) is 0.126. The highest BCUT2D eigenvalue weighted by atomic mass is 16.5. The van der Waals surface area contributed by atoms with Crippen molar-refractivity contribution in [1.29, 1.82) is 0 Å². The minimum Gasteiger partial charge on any atom is -0.494 e. The summed E-state index contributed by atoms with van der Waals surface area (Å²) in [5.41, 5.74) is 4.82. The highest BCUT2D eigenvalue weighted by Gasteiger charge is 2.08. The van der Waals surface area contributed by atoms with Gasteiger partial charge in [0.25, 0.3) is 0 Å². The molecule has 0 heterocycles. The molecule has 30 heavy (non-hydrogen) atoms. The molecule has 3 rings (SSSR count). The van der Waals surface area contributed by atoms with Crippen LogP contribution in [0.25, 0.3) is 10.8 Å². The molecule has 0 saturated carbocycles. The maximum atomic E-state index is 12.1. The minimum absolute atomic E-state index is 0.0529. The molecule has 0 spiro atoms. The van der Waals surface area contributed by atoms with E-state index in [0.29, 0.717) is 18.0 Å². The zero-order chi connectivity index (χ0) is 21.3. The van der Waals surface area contributed by atoms with E-state index in [1.54, 1.807) is 24.3 Å². The summed E-state index contributed by atoms with van der Waals surface area (Å²) in [7, 11) is 0. The van der Waals surface area contributed by atoms with E-state index >= 15 is 0 Å². The van der Waals surface area contributed by atoms with Gasteiger partial charge < -0.3 is 10.1 Å². The predicted molar refractivity (Wildman–Crippen MR) is 120 cm³/mol. The number of nitrogens with one attached hydrogen (secondary N) is 2. The molecule has 0 saturated heterocycles. The van der Waals surface area contributed by atoms with Gasteiger partial charge in [0.15, 0.2) is 0 Å². The molecule has 2 N–H and O–H groups in total. The molecule has 6 nitrogen and oxygen atoms in total. The number of benzene rings is 3. The maximum absolute atomic E-state index is 12.1.